The Bertz CT molecular complexity index is 1480. The Morgan fingerprint density at radius 1 is 0.946 bits per heavy atom. The van der Waals surface area contributed by atoms with Crippen LogP contribution in [0.2, 0.25) is 0 Å². The van der Waals surface area contributed by atoms with Gasteiger partial charge < -0.3 is 9.47 Å². The van der Waals surface area contributed by atoms with Gasteiger partial charge in [0.1, 0.15) is 28.8 Å². The number of hydrogen-bond donors (Lipinski definition) is 0. The van der Waals surface area contributed by atoms with Crippen LogP contribution in [0.1, 0.15) is 42.7 Å². The second-order valence-electron chi connectivity index (χ2n) is 8.89. The molecule has 0 aliphatic heterocycles. The van der Waals surface area contributed by atoms with E-state index in [4.69, 9.17) is 9.47 Å². The fraction of sp³-hybridized carbons (Fsp3) is 0.346. The minimum atomic E-state index is -3.71. The molecule has 0 saturated carbocycles. The summed E-state index contributed by atoms with van der Waals surface area (Å²) < 4.78 is 40.3. The molecule has 0 radical (unpaired) electrons. The van der Waals surface area contributed by atoms with Crippen molar-refractivity contribution < 1.29 is 17.9 Å². The molecule has 0 aliphatic rings. The van der Waals surface area contributed by atoms with E-state index in [2.05, 4.69) is 25.1 Å². The fourth-order valence-corrected chi connectivity index (χ4v) is 5.59. The molecule has 3 heterocycles. The number of ether oxygens (including phenoxy) is 2. The Kier molecular flexibility index (Phi) is 7.53. The first-order valence-electron chi connectivity index (χ1n) is 11.7. The lowest BCUT2D eigenvalue weighted by molar-refractivity contribution is 0.390. The quantitative estimate of drug-likeness (QED) is 0.322. The van der Waals surface area contributed by atoms with Crippen molar-refractivity contribution >= 4 is 9.84 Å². The molecule has 1 aromatic carbocycles. The number of benzene rings is 1. The Morgan fingerprint density at radius 2 is 1.59 bits per heavy atom. The molecule has 0 bridgehead atoms. The predicted octanol–water partition coefficient (Wildman–Crippen LogP) is 3.86. The van der Waals surface area contributed by atoms with E-state index in [1.807, 2.05) is 26.8 Å². The first kappa shape index (κ1) is 26.2. The third-order valence-electron chi connectivity index (χ3n) is 6.32. The summed E-state index contributed by atoms with van der Waals surface area (Å²) in [5.74, 6) is 1.34. The maximum Gasteiger partial charge on any atom is 0.168 e. The summed E-state index contributed by atoms with van der Waals surface area (Å²) in [5, 5.41) is 7.96. The zero-order valence-corrected chi connectivity index (χ0v) is 22.5. The van der Waals surface area contributed by atoms with Crippen LogP contribution in [0.4, 0.5) is 0 Å². The van der Waals surface area contributed by atoms with Gasteiger partial charge in [0.15, 0.2) is 21.5 Å². The Hall–Kier alpha value is -3.86. The van der Waals surface area contributed by atoms with Gasteiger partial charge in [0, 0.05) is 35.8 Å². The van der Waals surface area contributed by atoms with Gasteiger partial charge in [-0.15, -0.1) is 10.2 Å². The van der Waals surface area contributed by atoms with Crippen LogP contribution in [0.15, 0.2) is 48.9 Å². The monoisotopic (exact) mass is 522 g/mol. The molecular formula is C26H30N6O4S. The molecule has 2 atom stereocenters. The molecular weight excluding hydrogens is 492 g/mol. The second kappa shape index (κ2) is 10.6. The summed E-state index contributed by atoms with van der Waals surface area (Å²) in [6.07, 6.45) is 5.04. The average molecular weight is 523 g/mol. The molecule has 0 saturated heterocycles. The van der Waals surface area contributed by atoms with E-state index >= 15 is 0 Å². The van der Waals surface area contributed by atoms with Crippen LogP contribution < -0.4 is 9.47 Å². The van der Waals surface area contributed by atoms with Crippen molar-refractivity contribution in [3.63, 3.8) is 0 Å². The van der Waals surface area contributed by atoms with Crippen LogP contribution >= 0.6 is 0 Å². The van der Waals surface area contributed by atoms with Crippen molar-refractivity contribution in [1.29, 1.82) is 0 Å². The van der Waals surface area contributed by atoms with Crippen LogP contribution in [-0.2, 0) is 15.6 Å². The van der Waals surface area contributed by atoms with Gasteiger partial charge in [-0.2, -0.15) is 0 Å². The summed E-state index contributed by atoms with van der Waals surface area (Å²) in [6.45, 7) is 7.23. The maximum absolute atomic E-state index is 13.7. The number of aryl methyl sites for hydroxylation is 2. The van der Waals surface area contributed by atoms with E-state index < -0.39 is 21.0 Å². The lowest BCUT2D eigenvalue weighted by Crippen LogP contribution is -2.27. The van der Waals surface area contributed by atoms with E-state index in [0.29, 0.717) is 28.8 Å². The molecule has 0 unspecified atom stereocenters. The molecule has 194 valence electrons. The first-order chi connectivity index (χ1) is 17.7. The van der Waals surface area contributed by atoms with E-state index in [1.54, 1.807) is 68.6 Å². The molecule has 4 aromatic rings. The average Bonchev–Trinajstić information content (AvgIpc) is 3.29. The minimum Gasteiger partial charge on any atom is -0.494 e. The molecule has 0 N–H and O–H groups in total. The van der Waals surface area contributed by atoms with Crippen LogP contribution in [0.5, 0.6) is 11.5 Å². The lowest BCUT2D eigenvalue weighted by Gasteiger charge is -2.20. The molecule has 0 aliphatic carbocycles. The van der Waals surface area contributed by atoms with E-state index in [-0.39, 0.29) is 11.6 Å². The van der Waals surface area contributed by atoms with Gasteiger partial charge in [-0.3, -0.25) is 9.55 Å². The topological polar surface area (TPSA) is 122 Å². The lowest BCUT2D eigenvalue weighted by atomic mass is 10.1. The van der Waals surface area contributed by atoms with E-state index in [9.17, 15) is 8.42 Å². The van der Waals surface area contributed by atoms with E-state index in [1.165, 1.54) is 0 Å². The van der Waals surface area contributed by atoms with Crippen LogP contribution in [0, 0.1) is 13.8 Å². The first-order valence-corrected chi connectivity index (χ1v) is 13.5. The zero-order valence-electron chi connectivity index (χ0n) is 21.7. The van der Waals surface area contributed by atoms with Crippen molar-refractivity contribution in [1.82, 2.24) is 29.7 Å². The van der Waals surface area contributed by atoms with E-state index in [0.717, 1.165) is 16.8 Å². The van der Waals surface area contributed by atoms with Gasteiger partial charge in [0.05, 0.1) is 19.5 Å². The highest BCUT2D eigenvalue weighted by Gasteiger charge is 2.33. The third kappa shape index (κ3) is 5.31. The SMILES string of the molecule is COc1cccc(OC)c1-n1c(CS(=O)(=O)[C@@H](C)[C@H](C)c2ncc(C)cn2)nnc1-c1ccnc(C)c1. The summed E-state index contributed by atoms with van der Waals surface area (Å²) in [5.41, 5.74) is 2.93. The number of pyridine rings is 1. The largest absolute Gasteiger partial charge is 0.494 e. The predicted molar refractivity (Wildman–Crippen MR) is 140 cm³/mol. The van der Waals surface area contributed by atoms with Crippen LogP contribution in [0.25, 0.3) is 17.1 Å². The number of methoxy groups -OCH3 is 2. The Balaban J connectivity index is 1.83. The molecule has 37 heavy (non-hydrogen) atoms. The van der Waals surface area contributed by atoms with Gasteiger partial charge >= 0.3 is 0 Å². The van der Waals surface area contributed by atoms with Crippen LogP contribution in [-0.4, -0.2) is 57.6 Å². The van der Waals surface area contributed by atoms with Crippen molar-refractivity contribution in [2.24, 2.45) is 0 Å². The number of sulfone groups is 1. The van der Waals surface area contributed by atoms with Crippen molar-refractivity contribution in [3.05, 3.63) is 71.8 Å². The smallest absolute Gasteiger partial charge is 0.168 e. The molecule has 4 rings (SSSR count). The third-order valence-corrected chi connectivity index (χ3v) is 8.52. The number of para-hydroxylation sites is 1. The molecule has 3 aromatic heterocycles. The van der Waals surface area contributed by atoms with Gasteiger partial charge in [0.25, 0.3) is 0 Å². The van der Waals surface area contributed by atoms with Crippen LogP contribution in [0.3, 0.4) is 0 Å². The standard InChI is InChI=1S/C26H30N6O4S/c1-16-13-28-25(29-14-16)18(3)19(4)37(33,34)15-23-30-31-26(20-10-11-27-17(2)12-20)32(23)24-21(35-5)8-7-9-22(24)36-6/h7-14,18-19H,15H2,1-6H3/t18-,19-/m0/s1. The van der Waals surface area contributed by atoms with Crippen molar-refractivity contribution in [3.8, 4) is 28.6 Å². The normalized spacial score (nSPS) is 13.2. The van der Waals surface area contributed by atoms with Gasteiger partial charge in [-0.05, 0) is 50.6 Å². The minimum absolute atomic E-state index is 0.233. The highest BCUT2D eigenvalue weighted by Crippen LogP contribution is 2.37. The Morgan fingerprint density at radius 3 is 2.19 bits per heavy atom. The zero-order chi connectivity index (χ0) is 26.7. The fourth-order valence-electron chi connectivity index (χ4n) is 4.04. The van der Waals surface area contributed by atoms with Gasteiger partial charge in [-0.25, -0.2) is 18.4 Å². The summed E-state index contributed by atoms with van der Waals surface area (Å²) in [6, 6.07) is 9.00. The molecule has 11 heteroatoms. The Labute approximate surface area is 216 Å². The highest BCUT2D eigenvalue weighted by atomic mass is 32.2. The van der Waals surface area contributed by atoms with Gasteiger partial charge in [-0.1, -0.05) is 13.0 Å². The number of aromatic nitrogens is 6. The number of rotatable bonds is 9. The number of hydrogen-bond acceptors (Lipinski definition) is 9. The maximum atomic E-state index is 13.7. The number of nitrogens with zero attached hydrogens (tertiary/aromatic N) is 6. The highest BCUT2D eigenvalue weighted by molar-refractivity contribution is 7.91. The molecule has 10 nitrogen and oxygen atoms in total. The summed E-state index contributed by atoms with van der Waals surface area (Å²) in [7, 11) is -0.630. The van der Waals surface area contributed by atoms with Crippen molar-refractivity contribution in [2.75, 3.05) is 14.2 Å². The summed E-state index contributed by atoms with van der Waals surface area (Å²) >= 11 is 0. The molecule has 0 amide bonds. The second-order valence-corrected chi connectivity index (χ2v) is 11.2. The molecule has 0 fully saturated rings. The van der Waals surface area contributed by atoms with Gasteiger partial charge in [0.2, 0.25) is 0 Å². The molecule has 0 spiro atoms. The summed E-state index contributed by atoms with van der Waals surface area (Å²) in [4.78, 5) is 12.9. The van der Waals surface area contributed by atoms with Crippen molar-refractivity contribution in [2.45, 2.75) is 44.6 Å².